The third-order valence-electron chi connectivity index (χ3n) is 3.99. The monoisotopic (exact) mass is 286 g/mol. The molecule has 1 aliphatic rings. The largest absolute Gasteiger partial charge is 0.497 e. The van der Waals surface area contributed by atoms with E-state index in [4.69, 9.17) is 4.74 Å². The molecule has 0 aliphatic carbocycles. The molecule has 1 aromatic carbocycles. The number of carbonyl (C=O) groups is 1. The first-order valence-electron chi connectivity index (χ1n) is 6.93. The summed E-state index contributed by atoms with van der Waals surface area (Å²) in [5.74, 6) is -0.164. The average Bonchev–Trinajstić information content (AvgIpc) is 2.80. The van der Waals surface area contributed by atoms with Crippen molar-refractivity contribution in [1.29, 1.82) is 0 Å². The van der Waals surface area contributed by atoms with Crippen LogP contribution < -0.4 is 10.1 Å². The van der Waals surface area contributed by atoms with Gasteiger partial charge in [0.2, 0.25) is 0 Å². The minimum atomic E-state index is -0.901. The summed E-state index contributed by atoms with van der Waals surface area (Å²) in [7, 11) is 3.41. The lowest BCUT2D eigenvalue weighted by atomic mass is 9.97. The van der Waals surface area contributed by atoms with Gasteiger partial charge in [-0.25, -0.2) is 4.79 Å². The molecule has 5 heteroatoms. The zero-order chi connectivity index (χ0) is 15.0. The Labute approximate surface area is 122 Å². The van der Waals surface area contributed by atoms with Crippen LogP contribution in [-0.2, 0) is 7.05 Å². The van der Waals surface area contributed by atoms with Gasteiger partial charge in [-0.15, -0.1) is 0 Å². The van der Waals surface area contributed by atoms with Crippen molar-refractivity contribution >= 4 is 22.4 Å². The highest BCUT2D eigenvalue weighted by Gasteiger charge is 2.24. The number of nitrogens with zero attached hydrogens (tertiary/aromatic N) is 1. The van der Waals surface area contributed by atoms with Gasteiger partial charge in [0.05, 0.1) is 7.11 Å². The molecule has 2 aromatic rings. The molecule has 3 rings (SSSR count). The first-order valence-corrected chi connectivity index (χ1v) is 6.93. The van der Waals surface area contributed by atoms with Gasteiger partial charge in [-0.05, 0) is 36.7 Å². The molecule has 110 valence electrons. The molecule has 1 aliphatic heterocycles. The summed E-state index contributed by atoms with van der Waals surface area (Å²) < 4.78 is 7.03. The van der Waals surface area contributed by atoms with Crippen LogP contribution in [0.3, 0.4) is 0 Å². The number of aromatic carboxylic acids is 1. The van der Waals surface area contributed by atoms with Gasteiger partial charge in [-0.3, -0.25) is 0 Å². The predicted molar refractivity (Wildman–Crippen MR) is 81.9 cm³/mol. The number of nitrogens with one attached hydrogen (secondary N) is 1. The Kier molecular flexibility index (Phi) is 3.43. The van der Waals surface area contributed by atoms with Gasteiger partial charge in [0.1, 0.15) is 11.4 Å². The number of carboxylic acid groups (broad SMARTS) is 1. The number of aromatic nitrogens is 1. The lowest BCUT2D eigenvalue weighted by Gasteiger charge is -2.14. The summed E-state index contributed by atoms with van der Waals surface area (Å²) in [5.41, 5.74) is 3.15. The van der Waals surface area contributed by atoms with Crippen LogP contribution in [0, 0.1) is 0 Å². The highest BCUT2D eigenvalue weighted by Crippen LogP contribution is 2.35. The van der Waals surface area contributed by atoms with Crippen LogP contribution >= 0.6 is 0 Å². The van der Waals surface area contributed by atoms with Crippen molar-refractivity contribution in [2.75, 3.05) is 20.2 Å². The molecule has 0 atom stereocenters. The van der Waals surface area contributed by atoms with E-state index in [1.54, 1.807) is 18.7 Å². The normalized spacial score (nSPS) is 15.0. The van der Waals surface area contributed by atoms with E-state index in [-0.39, 0.29) is 0 Å². The summed E-state index contributed by atoms with van der Waals surface area (Å²) in [4.78, 5) is 11.7. The van der Waals surface area contributed by atoms with E-state index in [0.717, 1.165) is 47.3 Å². The molecule has 0 spiro atoms. The van der Waals surface area contributed by atoms with E-state index in [0.29, 0.717) is 5.69 Å². The molecule has 0 radical (unpaired) electrons. The van der Waals surface area contributed by atoms with E-state index in [9.17, 15) is 9.90 Å². The SMILES string of the molecule is COc1ccc2c(c1)c(C1=CCNCC1)c(C(=O)O)n2C. The predicted octanol–water partition coefficient (Wildman–Crippen LogP) is 2.26. The molecule has 1 aromatic heterocycles. The highest BCUT2D eigenvalue weighted by atomic mass is 16.5. The van der Waals surface area contributed by atoms with Crippen molar-refractivity contribution in [2.24, 2.45) is 7.05 Å². The number of methoxy groups -OCH3 is 1. The van der Waals surface area contributed by atoms with E-state index in [2.05, 4.69) is 11.4 Å². The Bertz CT molecular complexity index is 744. The average molecular weight is 286 g/mol. The quantitative estimate of drug-likeness (QED) is 0.908. The third-order valence-corrected chi connectivity index (χ3v) is 3.99. The van der Waals surface area contributed by atoms with Crippen LogP contribution in [0.4, 0.5) is 0 Å². The van der Waals surface area contributed by atoms with E-state index >= 15 is 0 Å². The molecular formula is C16H18N2O3. The van der Waals surface area contributed by atoms with Crippen molar-refractivity contribution in [3.8, 4) is 5.75 Å². The van der Waals surface area contributed by atoms with Crippen LogP contribution in [-0.4, -0.2) is 35.8 Å². The van der Waals surface area contributed by atoms with Crippen LogP contribution in [0.25, 0.3) is 16.5 Å². The lowest BCUT2D eigenvalue weighted by molar-refractivity contribution is 0.0686. The van der Waals surface area contributed by atoms with Crippen molar-refractivity contribution in [2.45, 2.75) is 6.42 Å². The molecule has 0 bridgehead atoms. The molecule has 21 heavy (non-hydrogen) atoms. The first kappa shape index (κ1) is 13.7. The second-order valence-electron chi connectivity index (χ2n) is 5.15. The second kappa shape index (κ2) is 5.26. The molecular weight excluding hydrogens is 268 g/mol. The van der Waals surface area contributed by atoms with E-state index in [1.807, 2.05) is 18.2 Å². The number of fused-ring (bicyclic) bond motifs is 1. The molecule has 0 saturated heterocycles. The minimum Gasteiger partial charge on any atom is -0.497 e. The van der Waals surface area contributed by atoms with Crippen molar-refractivity contribution in [3.63, 3.8) is 0 Å². The Morgan fingerprint density at radius 2 is 2.24 bits per heavy atom. The second-order valence-corrected chi connectivity index (χ2v) is 5.15. The highest BCUT2D eigenvalue weighted by molar-refractivity contribution is 6.05. The maximum atomic E-state index is 11.7. The van der Waals surface area contributed by atoms with Gasteiger partial charge in [-0.2, -0.15) is 0 Å². The van der Waals surface area contributed by atoms with Crippen LogP contribution in [0.15, 0.2) is 24.3 Å². The summed E-state index contributed by atoms with van der Waals surface area (Å²) in [6.45, 7) is 1.64. The van der Waals surface area contributed by atoms with Crippen LogP contribution in [0.2, 0.25) is 0 Å². The smallest absolute Gasteiger partial charge is 0.353 e. The third kappa shape index (κ3) is 2.19. The number of carboxylic acids is 1. The number of aryl methyl sites for hydroxylation is 1. The van der Waals surface area contributed by atoms with Crippen LogP contribution in [0.5, 0.6) is 5.75 Å². The number of benzene rings is 1. The minimum absolute atomic E-state index is 0.339. The number of hydrogen-bond donors (Lipinski definition) is 2. The molecule has 0 amide bonds. The summed E-state index contributed by atoms with van der Waals surface area (Å²) >= 11 is 0. The Morgan fingerprint density at radius 3 is 2.86 bits per heavy atom. The van der Waals surface area contributed by atoms with Crippen LogP contribution in [0.1, 0.15) is 22.5 Å². The van der Waals surface area contributed by atoms with Gasteiger partial charge >= 0.3 is 5.97 Å². The zero-order valence-corrected chi connectivity index (χ0v) is 12.1. The lowest BCUT2D eigenvalue weighted by Crippen LogP contribution is -2.20. The maximum Gasteiger partial charge on any atom is 0.353 e. The fraction of sp³-hybridized carbons (Fsp3) is 0.312. The zero-order valence-electron chi connectivity index (χ0n) is 12.1. The summed E-state index contributed by atoms with van der Waals surface area (Å²) in [6.07, 6.45) is 2.90. The fourth-order valence-corrected chi connectivity index (χ4v) is 2.98. The molecule has 0 fully saturated rings. The molecule has 2 heterocycles. The number of hydrogen-bond acceptors (Lipinski definition) is 3. The van der Waals surface area contributed by atoms with Gasteiger partial charge in [0, 0.05) is 30.1 Å². The molecule has 5 nitrogen and oxygen atoms in total. The van der Waals surface area contributed by atoms with Crippen molar-refractivity contribution in [3.05, 3.63) is 35.5 Å². The van der Waals surface area contributed by atoms with E-state index in [1.165, 1.54) is 0 Å². The summed E-state index contributed by atoms with van der Waals surface area (Å²) in [6, 6.07) is 5.68. The Balaban J connectivity index is 2.34. The summed E-state index contributed by atoms with van der Waals surface area (Å²) in [5, 5.41) is 13.8. The van der Waals surface area contributed by atoms with Gasteiger partial charge < -0.3 is 19.7 Å². The van der Waals surface area contributed by atoms with Gasteiger partial charge in [0.25, 0.3) is 0 Å². The van der Waals surface area contributed by atoms with E-state index < -0.39 is 5.97 Å². The van der Waals surface area contributed by atoms with Crippen molar-refractivity contribution < 1.29 is 14.6 Å². The molecule has 0 saturated carbocycles. The fourth-order valence-electron chi connectivity index (χ4n) is 2.98. The number of rotatable bonds is 3. The van der Waals surface area contributed by atoms with Crippen molar-refractivity contribution in [1.82, 2.24) is 9.88 Å². The molecule has 0 unspecified atom stereocenters. The van der Waals surface area contributed by atoms with Gasteiger partial charge in [-0.1, -0.05) is 6.08 Å². The maximum absolute atomic E-state index is 11.7. The number of ether oxygens (including phenoxy) is 1. The first-order chi connectivity index (χ1) is 10.1. The van der Waals surface area contributed by atoms with Gasteiger partial charge in [0.15, 0.2) is 0 Å². The molecule has 2 N–H and O–H groups in total. The Morgan fingerprint density at radius 1 is 1.43 bits per heavy atom. The topological polar surface area (TPSA) is 63.5 Å². The Hall–Kier alpha value is -2.27. The standard InChI is InChI=1S/C16H18N2O3/c1-18-13-4-3-11(21-2)9-12(13)14(15(18)16(19)20)10-5-7-17-8-6-10/h3-5,9,17H,6-8H2,1-2H3,(H,19,20).